The van der Waals surface area contributed by atoms with Crippen molar-refractivity contribution < 1.29 is 13.6 Å². The molecule has 3 N–H and O–H groups in total. The predicted octanol–water partition coefficient (Wildman–Crippen LogP) is 3.70. The Morgan fingerprint density at radius 1 is 1.20 bits per heavy atom. The minimum atomic E-state index is -0.801. The van der Waals surface area contributed by atoms with Gasteiger partial charge >= 0.3 is 0 Å². The number of carbonyl (C=O) groups is 1. The maximum atomic E-state index is 14.6. The monoisotopic (exact) mass is 470 g/mol. The maximum absolute atomic E-state index is 14.6. The van der Waals surface area contributed by atoms with Crippen LogP contribution >= 0.6 is 0 Å². The van der Waals surface area contributed by atoms with Crippen molar-refractivity contribution in [1.29, 1.82) is 0 Å². The van der Waals surface area contributed by atoms with Gasteiger partial charge in [-0.1, -0.05) is 17.9 Å². The first-order valence-corrected chi connectivity index (χ1v) is 10.8. The fraction of sp³-hybridized carbons (Fsp3) is 0.148. The number of carbonyl (C=O) groups excluding carboxylic acids is 1. The molecule has 0 saturated heterocycles. The van der Waals surface area contributed by atoms with Gasteiger partial charge in [-0.3, -0.25) is 9.59 Å². The van der Waals surface area contributed by atoms with Crippen molar-refractivity contribution >= 4 is 16.9 Å². The molecule has 0 saturated carbocycles. The SMILES string of the molecule is CCn1cccc(C(CC#CC#Cc2c(C(N)=O)cnc3[nH]ccc23)c2cc(F)ccc2F)c1=O. The van der Waals surface area contributed by atoms with E-state index in [1.807, 2.05) is 6.92 Å². The molecule has 6 nitrogen and oxygen atoms in total. The van der Waals surface area contributed by atoms with Crippen molar-refractivity contribution in [3.8, 4) is 23.7 Å². The zero-order valence-electron chi connectivity index (χ0n) is 18.7. The molecular weight excluding hydrogens is 450 g/mol. The van der Waals surface area contributed by atoms with Gasteiger partial charge in [0.05, 0.1) is 11.1 Å². The topological polar surface area (TPSA) is 93.8 Å². The third-order valence-corrected chi connectivity index (χ3v) is 5.60. The van der Waals surface area contributed by atoms with E-state index in [1.165, 1.54) is 10.8 Å². The number of H-pyrrole nitrogens is 1. The number of pyridine rings is 2. The van der Waals surface area contributed by atoms with Crippen LogP contribution in [0.25, 0.3) is 11.0 Å². The first-order chi connectivity index (χ1) is 16.9. The molecule has 174 valence electrons. The summed E-state index contributed by atoms with van der Waals surface area (Å²) in [5, 5.41) is 0.625. The minimum absolute atomic E-state index is 0.0244. The van der Waals surface area contributed by atoms with Crippen molar-refractivity contribution in [2.75, 3.05) is 0 Å². The van der Waals surface area contributed by atoms with Crippen LogP contribution in [0.15, 0.2) is 59.8 Å². The molecule has 8 heteroatoms. The average Bonchev–Trinajstić information content (AvgIpc) is 3.33. The number of nitrogens with one attached hydrogen (secondary N) is 1. The van der Waals surface area contributed by atoms with Crippen LogP contribution in [0.3, 0.4) is 0 Å². The van der Waals surface area contributed by atoms with E-state index in [4.69, 9.17) is 5.73 Å². The Hall–Kier alpha value is -4.69. The van der Waals surface area contributed by atoms with Crippen LogP contribution in [-0.2, 0) is 6.54 Å². The van der Waals surface area contributed by atoms with E-state index >= 15 is 0 Å². The molecule has 0 aliphatic carbocycles. The molecule has 0 radical (unpaired) electrons. The van der Waals surface area contributed by atoms with Gasteiger partial charge in [0.2, 0.25) is 0 Å². The van der Waals surface area contributed by atoms with Gasteiger partial charge in [0.15, 0.2) is 0 Å². The third kappa shape index (κ3) is 4.83. The number of primary amides is 1. The molecular formula is C27H20F2N4O2. The second kappa shape index (κ2) is 10.1. The number of hydrogen-bond donors (Lipinski definition) is 2. The van der Waals surface area contributed by atoms with Crippen molar-refractivity contribution in [2.45, 2.75) is 25.8 Å². The fourth-order valence-corrected chi connectivity index (χ4v) is 3.86. The standard InChI is InChI=1S/C27H20F2N4O2/c1-2-33-14-6-9-21(27(33)35)19(22-15-17(28)10-11-24(22)29)8-5-3-4-7-18-20-12-13-31-26(20)32-16-23(18)25(30)34/h6,9-16,19H,2,8H2,1H3,(H2,30,34)(H,31,32). The summed E-state index contributed by atoms with van der Waals surface area (Å²) in [6, 6.07) is 8.14. The molecule has 0 aliphatic heterocycles. The summed E-state index contributed by atoms with van der Waals surface area (Å²) in [4.78, 5) is 31.8. The highest BCUT2D eigenvalue weighted by Crippen LogP contribution is 2.28. The lowest BCUT2D eigenvalue weighted by molar-refractivity contribution is 0.1000. The highest BCUT2D eigenvalue weighted by molar-refractivity contribution is 6.00. The largest absolute Gasteiger partial charge is 0.366 e. The molecule has 1 atom stereocenters. The summed E-state index contributed by atoms with van der Waals surface area (Å²) in [5.74, 6) is 8.36. The molecule has 1 unspecified atom stereocenters. The van der Waals surface area contributed by atoms with E-state index in [0.29, 0.717) is 28.7 Å². The molecule has 4 aromatic rings. The number of rotatable bonds is 5. The maximum Gasteiger partial charge on any atom is 0.254 e. The molecule has 0 bridgehead atoms. The molecule has 0 fully saturated rings. The van der Waals surface area contributed by atoms with Crippen LogP contribution in [0.2, 0.25) is 0 Å². The number of aromatic amines is 1. The van der Waals surface area contributed by atoms with E-state index < -0.39 is 23.5 Å². The Balaban J connectivity index is 1.73. The van der Waals surface area contributed by atoms with Gasteiger partial charge in [-0.25, -0.2) is 13.8 Å². The summed E-state index contributed by atoms with van der Waals surface area (Å²) in [5.41, 5.74) is 6.59. The summed E-state index contributed by atoms with van der Waals surface area (Å²) in [7, 11) is 0. The Labute approximate surface area is 199 Å². The van der Waals surface area contributed by atoms with E-state index in [2.05, 4.69) is 33.6 Å². The Bertz CT molecular complexity index is 1610. The average molecular weight is 470 g/mol. The first kappa shape index (κ1) is 23.5. The summed E-state index contributed by atoms with van der Waals surface area (Å²) >= 11 is 0. The Morgan fingerprint density at radius 3 is 2.80 bits per heavy atom. The highest BCUT2D eigenvalue weighted by Gasteiger charge is 2.21. The van der Waals surface area contributed by atoms with Crippen LogP contribution in [0, 0.1) is 35.3 Å². The molecule has 1 amide bonds. The molecule has 1 aromatic carbocycles. The van der Waals surface area contributed by atoms with Gasteiger partial charge < -0.3 is 15.3 Å². The highest BCUT2D eigenvalue weighted by atomic mass is 19.1. The van der Waals surface area contributed by atoms with E-state index in [0.717, 1.165) is 18.2 Å². The van der Waals surface area contributed by atoms with Gasteiger partial charge in [-0.05, 0) is 54.7 Å². The Morgan fingerprint density at radius 2 is 2.03 bits per heavy atom. The van der Waals surface area contributed by atoms with Crippen molar-refractivity contribution in [3.05, 3.63) is 99.2 Å². The summed E-state index contributed by atoms with van der Waals surface area (Å²) < 4.78 is 30.1. The number of aryl methyl sites for hydroxylation is 1. The predicted molar refractivity (Wildman–Crippen MR) is 128 cm³/mol. The molecule has 4 rings (SSSR count). The third-order valence-electron chi connectivity index (χ3n) is 5.60. The van der Waals surface area contributed by atoms with Gasteiger partial charge in [0, 0.05) is 48.4 Å². The second-order valence-electron chi connectivity index (χ2n) is 7.68. The zero-order chi connectivity index (χ0) is 24.9. The lowest BCUT2D eigenvalue weighted by Crippen LogP contribution is -2.25. The van der Waals surface area contributed by atoms with E-state index in [1.54, 1.807) is 30.6 Å². The number of halogens is 2. The quantitative estimate of drug-likeness (QED) is 0.436. The lowest BCUT2D eigenvalue weighted by Gasteiger charge is -2.17. The second-order valence-corrected chi connectivity index (χ2v) is 7.68. The van der Waals surface area contributed by atoms with Gasteiger partial charge in [-0.2, -0.15) is 0 Å². The fourth-order valence-electron chi connectivity index (χ4n) is 3.86. The van der Waals surface area contributed by atoms with Crippen LogP contribution < -0.4 is 11.3 Å². The molecule has 35 heavy (non-hydrogen) atoms. The lowest BCUT2D eigenvalue weighted by atomic mass is 9.89. The number of hydrogen-bond acceptors (Lipinski definition) is 3. The van der Waals surface area contributed by atoms with Crippen molar-refractivity contribution in [3.63, 3.8) is 0 Å². The van der Waals surface area contributed by atoms with Gasteiger partial charge in [0.25, 0.3) is 11.5 Å². The molecule has 0 spiro atoms. The summed E-state index contributed by atoms with van der Waals surface area (Å²) in [6.07, 6.45) is 4.67. The first-order valence-electron chi connectivity index (χ1n) is 10.8. The van der Waals surface area contributed by atoms with E-state index in [9.17, 15) is 18.4 Å². The van der Waals surface area contributed by atoms with Crippen molar-refractivity contribution in [2.24, 2.45) is 5.73 Å². The number of nitrogens with zero attached hydrogens (tertiary/aromatic N) is 2. The van der Waals surface area contributed by atoms with Crippen molar-refractivity contribution in [1.82, 2.24) is 14.5 Å². The number of nitrogens with two attached hydrogens (primary N) is 1. The van der Waals surface area contributed by atoms with E-state index in [-0.39, 0.29) is 23.1 Å². The van der Waals surface area contributed by atoms with Crippen LogP contribution in [0.4, 0.5) is 8.78 Å². The van der Waals surface area contributed by atoms with Gasteiger partial charge in [-0.15, -0.1) is 0 Å². The summed E-state index contributed by atoms with van der Waals surface area (Å²) in [6.45, 7) is 2.25. The number of fused-ring (bicyclic) bond motifs is 1. The van der Waals surface area contributed by atoms with Gasteiger partial charge in [0.1, 0.15) is 17.3 Å². The number of amides is 1. The van der Waals surface area contributed by atoms with Crippen LogP contribution in [0.5, 0.6) is 0 Å². The normalized spacial score (nSPS) is 11.3. The van der Waals surface area contributed by atoms with Crippen LogP contribution in [0.1, 0.15) is 46.3 Å². The molecule has 0 aliphatic rings. The zero-order valence-corrected chi connectivity index (χ0v) is 18.7. The smallest absolute Gasteiger partial charge is 0.254 e. The number of aromatic nitrogens is 3. The number of benzene rings is 1. The molecule has 3 aromatic heterocycles. The molecule has 3 heterocycles. The minimum Gasteiger partial charge on any atom is -0.366 e. The Kier molecular flexibility index (Phi) is 6.75. The van der Waals surface area contributed by atoms with Crippen LogP contribution in [-0.4, -0.2) is 20.4 Å².